The molecule has 1 saturated heterocycles. The van der Waals surface area contributed by atoms with Crippen LogP contribution in [0.25, 0.3) is 0 Å². The van der Waals surface area contributed by atoms with Gasteiger partial charge in [0.2, 0.25) is 6.23 Å². The van der Waals surface area contributed by atoms with Gasteiger partial charge in [0, 0.05) is 12.6 Å². The van der Waals surface area contributed by atoms with Gasteiger partial charge in [-0.2, -0.15) is 13.8 Å². The zero-order valence-electron chi connectivity index (χ0n) is 22.0. The van der Waals surface area contributed by atoms with Gasteiger partial charge in [0.1, 0.15) is 18.5 Å². The number of aromatic nitrogens is 2. The minimum absolute atomic E-state index is 0.121. The maximum atomic E-state index is 14.5. The number of carbonyl (C=O) groups excluding carboxylic acids is 1. The number of rotatable bonds is 18. The minimum atomic E-state index is -3.78. The first-order valence-electron chi connectivity index (χ1n) is 13.6. The molecule has 3 N–H and O–H groups in total. The molecule has 1 fully saturated rings. The molecule has 0 aromatic carbocycles. The number of nitrogens with two attached hydrogens (primary N) is 1. The lowest BCUT2D eigenvalue weighted by Gasteiger charge is -2.20. The van der Waals surface area contributed by atoms with Crippen LogP contribution in [0.3, 0.4) is 0 Å². The largest absolute Gasteiger partial charge is 0.463 e. The van der Waals surface area contributed by atoms with Gasteiger partial charge < -0.3 is 20.3 Å². The van der Waals surface area contributed by atoms with Crippen LogP contribution >= 0.6 is 0 Å². The summed E-state index contributed by atoms with van der Waals surface area (Å²) in [6.07, 6.45) is 14.8. The van der Waals surface area contributed by atoms with E-state index >= 15 is 0 Å². The molecular weight excluding hydrogens is 484 g/mol. The van der Waals surface area contributed by atoms with Crippen LogP contribution in [0.1, 0.15) is 103 Å². The summed E-state index contributed by atoms with van der Waals surface area (Å²) < 4.78 is 39.8. The first kappa shape index (κ1) is 30.9. The lowest BCUT2D eigenvalue weighted by molar-refractivity contribution is -0.150. The van der Waals surface area contributed by atoms with Crippen molar-refractivity contribution in [2.75, 3.05) is 12.3 Å². The van der Waals surface area contributed by atoms with E-state index in [1.165, 1.54) is 44.6 Å². The van der Waals surface area contributed by atoms with Gasteiger partial charge in [0.25, 0.3) is 0 Å². The second-order valence-electron chi connectivity index (χ2n) is 9.71. The SMILES string of the molecule is CCCCCCCC/C=C/CCCCCCCC(=O)OCC1OC(n2ccc(N)nc2=O)C(F)(F)C1O. The Hall–Kier alpha value is -2.33. The highest BCUT2D eigenvalue weighted by atomic mass is 19.3. The number of hydrogen-bond acceptors (Lipinski definition) is 7. The number of halogens is 2. The van der Waals surface area contributed by atoms with Gasteiger partial charge in [-0.05, 0) is 38.2 Å². The van der Waals surface area contributed by atoms with Crippen molar-refractivity contribution in [2.24, 2.45) is 0 Å². The second kappa shape index (κ2) is 16.5. The van der Waals surface area contributed by atoms with Crippen molar-refractivity contribution >= 4 is 11.8 Å². The Morgan fingerprint density at radius 3 is 2.32 bits per heavy atom. The van der Waals surface area contributed by atoms with Gasteiger partial charge in [-0.1, -0.05) is 70.4 Å². The van der Waals surface area contributed by atoms with Gasteiger partial charge in [-0.25, -0.2) is 4.79 Å². The maximum Gasteiger partial charge on any atom is 0.351 e. The third kappa shape index (κ3) is 10.5. The Labute approximate surface area is 218 Å². The van der Waals surface area contributed by atoms with Crippen LogP contribution in [0.2, 0.25) is 0 Å². The summed E-state index contributed by atoms with van der Waals surface area (Å²) >= 11 is 0. The number of alkyl halides is 2. The molecule has 3 unspecified atom stereocenters. The van der Waals surface area contributed by atoms with Crippen molar-refractivity contribution in [3.05, 3.63) is 34.9 Å². The fraction of sp³-hybridized carbons (Fsp3) is 0.741. The van der Waals surface area contributed by atoms with Crippen LogP contribution in [-0.2, 0) is 14.3 Å². The zero-order valence-corrected chi connectivity index (χ0v) is 22.0. The number of hydrogen-bond donors (Lipinski definition) is 2. The number of nitrogen functional groups attached to an aromatic ring is 1. The van der Waals surface area contributed by atoms with E-state index in [-0.39, 0.29) is 12.2 Å². The minimum Gasteiger partial charge on any atom is -0.463 e. The van der Waals surface area contributed by atoms with Gasteiger partial charge in [0.15, 0.2) is 6.10 Å². The van der Waals surface area contributed by atoms with E-state index in [1.54, 1.807) is 0 Å². The van der Waals surface area contributed by atoms with E-state index in [0.717, 1.165) is 44.7 Å². The molecule has 2 rings (SSSR count). The van der Waals surface area contributed by atoms with Gasteiger partial charge in [-0.3, -0.25) is 9.36 Å². The molecule has 0 saturated carbocycles. The summed E-state index contributed by atoms with van der Waals surface area (Å²) in [5, 5.41) is 9.99. The van der Waals surface area contributed by atoms with Gasteiger partial charge in [0.05, 0.1) is 0 Å². The number of aliphatic hydroxyl groups excluding tert-OH is 1. The smallest absolute Gasteiger partial charge is 0.351 e. The quantitative estimate of drug-likeness (QED) is 0.151. The van der Waals surface area contributed by atoms with Crippen molar-refractivity contribution in [1.29, 1.82) is 0 Å². The standard InChI is InChI=1S/C27H43F2N3O5/c1-2-3-4-5-6-7-8-9-10-11-12-13-14-15-16-17-23(33)36-20-21-24(34)27(28,29)25(37-21)32-19-18-22(30)31-26(32)35/h9-10,18-19,21,24-25,34H,2-8,11-17,20H2,1H3,(H2,30,31,35)/b10-9+. The summed E-state index contributed by atoms with van der Waals surface area (Å²) in [6, 6.07) is 1.18. The van der Waals surface area contributed by atoms with Crippen LogP contribution < -0.4 is 11.4 Å². The number of carbonyl (C=O) groups is 1. The molecule has 0 spiro atoms. The van der Waals surface area contributed by atoms with E-state index in [9.17, 15) is 23.5 Å². The van der Waals surface area contributed by atoms with E-state index in [1.807, 2.05) is 0 Å². The summed E-state index contributed by atoms with van der Waals surface area (Å²) in [5.74, 6) is -4.43. The summed E-state index contributed by atoms with van der Waals surface area (Å²) in [7, 11) is 0. The van der Waals surface area contributed by atoms with Crippen molar-refractivity contribution in [3.63, 3.8) is 0 Å². The molecule has 1 aromatic rings. The predicted molar refractivity (Wildman–Crippen MR) is 138 cm³/mol. The van der Waals surface area contributed by atoms with Crippen molar-refractivity contribution in [2.45, 2.75) is 121 Å². The molecule has 0 radical (unpaired) electrons. The molecule has 1 aliphatic rings. The number of anilines is 1. The van der Waals surface area contributed by atoms with E-state index in [4.69, 9.17) is 15.2 Å². The fourth-order valence-corrected chi connectivity index (χ4v) is 4.30. The van der Waals surface area contributed by atoms with Crippen LogP contribution in [0.15, 0.2) is 29.2 Å². The molecule has 0 aliphatic carbocycles. The Bertz CT molecular complexity index is 893. The third-order valence-corrected chi connectivity index (χ3v) is 6.53. The van der Waals surface area contributed by atoms with Crippen molar-refractivity contribution < 1.29 is 28.2 Å². The summed E-state index contributed by atoms with van der Waals surface area (Å²) in [4.78, 5) is 27.3. The lowest BCUT2D eigenvalue weighted by atomic mass is 10.1. The maximum absolute atomic E-state index is 14.5. The molecule has 10 heteroatoms. The molecular formula is C27H43F2N3O5. The van der Waals surface area contributed by atoms with Gasteiger partial charge in [-0.15, -0.1) is 0 Å². The Balaban J connectivity index is 1.54. The highest BCUT2D eigenvalue weighted by molar-refractivity contribution is 5.69. The number of unbranched alkanes of at least 4 members (excludes halogenated alkanes) is 11. The summed E-state index contributed by atoms with van der Waals surface area (Å²) in [5.41, 5.74) is 4.35. The lowest BCUT2D eigenvalue weighted by Crippen LogP contribution is -2.42. The fourth-order valence-electron chi connectivity index (χ4n) is 4.30. The van der Waals surface area contributed by atoms with Crippen LogP contribution in [0.5, 0.6) is 0 Å². The molecule has 1 aromatic heterocycles. The monoisotopic (exact) mass is 527 g/mol. The number of aliphatic hydroxyl groups is 1. The first-order valence-corrected chi connectivity index (χ1v) is 13.6. The third-order valence-electron chi connectivity index (χ3n) is 6.53. The van der Waals surface area contributed by atoms with Crippen LogP contribution in [0, 0.1) is 0 Å². The van der Waals surface area contributed by atoms with Crippen molar-refractivity contribution in [3.8, 4) is 0 Å². The van der Waals surface area contributed by atoms with Crippen LogP contribution in [-0.4, -0.2) is 45.4 Å². The Morgan fingerprint density at radius 2 is 1.70 bits per heavy atom. The van der Waals surface area contributed by atoms with Crippen molar-refractivity contribution in [1.82, 2.24) is 9.55 Å². The second-order valence-corrected chi connectivity index (χ2v) is 9.71. The predicted octanol–water partition coefficient (Wildman–Crippen LogP) is 5.30. The molecule has 2 heterocycles. The van der Waals surface area contributed by atoms with Gasteiger partial charge >= 0.3 is 17.6 Å². The molecule has 0 bridgehead atoms. The van der Waals surface area contributed by atoms with Crippen LogP contribution in [0.4, 0.5) is 14.6 Å². The van der Waals surface area contributed by atoms with E-state index in [0.29, 0.717) is 11.0 Å². The first-order chi connectivity index (χ1) is 17.8. The highest BCUT2D eigenvalue weighted by Crippen LogP contribution is 2.42. The molecule has 0 amide bonds. The van der Waals surface area contributed by atoms with E-state index in [2.05, 4.69) is 24.1 Å². The number of esters is 1. The average Bonchev–Trinajstić information content (AvgIpc) is 3.08. The zero-order chi connectivity index (χ0) is 27.1. The summed E-state index contributed by atoms with van der Waals surface area (Å²) in [6.45, 7) is 1.70. The Kier molecular flexibility index (Phi) is 13.8. The normalized spacial score (nSPS) is 21.0. The highest BCUT2D eigenvalue weighted by Gasteiger charge is 2.60. The molecule has 8 nitrogen and oxygen atoms in total. The molecule has 210 valence electrons. The number of ether oxygens (including phenoxy) is 2. The number of allylic oxidation sites excluding steroid dienone is 2. The average molecular weight is 528 g/mol. The molecule has 37 heavy (non-hydrogen) atoms. The molecule has 1 aliphatic heterocycles. The Morgan fingerprint density at radius 1 is 1.11 bits per heavy atom. The van der Waals surface area contributed by atoms with E-state index < -0.39 is 42.6 Å². The topological polar surface area (TPSA) is 117 Å². The number of nitrogens with zero attached hydrogens (tertiary/aromatic N) is 2. The molecule has 3 atom stereocenters.